The number of aliphatic hydroxyl groups is 1. The lowest BCUT2D eigenvalue weighted by Gasteiger charge is -2.15. The minimum atomic E-state index is -0.715. The summed E-state index contributed by atoms with van der Waals surface area (Å²) in [4.78, 5) is 13.4. The third kappa shape index (κ3) is 5.96. The molecule has 3 aromatic rings. The lowest BCUT2D eigenvalue weighted by molar-refractivity contribution is -0.110. The second kappa shape index (κ2) is 11.0. The fourth-order valence-corrected chi connectivity index (χ4v) is 3.74. The van der Waals surface area contributed by atoms with Gasteiger partial charge in [-0.05, 0) is 42.0 Å². The van der Waals surface area contributed by atoms with Crippen molar-refractivity contribution in [3.8, 4) is 11.5 Å². The first kappa shape index (κ1) is 22.9. The topological polar surface area (TPSA) is 79.8 Å². The summed E-state index contributed by atoms with van der Waals surface area (Å²) in [7, 11) is 0. The summed E-state index contributed by atoms with van der Waals surface area (Å²) in [5.41, 5.74) is 2.73. The van der Waals surface area contributed by atoms with Crippen LogP contribution in [-0.2, 0) is 4.79 Å². The summed E-state index contributed by atoms with van der Waals surface area (Å²) in [6.45, 7) is 1.55. The van der Waals surface area contributed by atoms with Crippen molar-refractivity contribution in [2.75, 3.05) is 31.6 Å². The quantitative estimate of drug-likeness (QED) is 0.209. The lowest BCUT2D eigenvalue weighted by Crippen LogP contribution is -2.33. The molecule has 0 spiro atoms. The van der Waals surface area contributed by atoms with Gasteiger partial charge in [0.1, 0.15) is 30.8 Å². The van der Waals surface area contributed by atoms with Crippen LogP contribution in [0.4, 0.5) is 5.69 Å². The second-order valence-corrected chi connectivity index (χ2v) is 8.06. The maximum Gasteiger partial charge on any atom is 0.256 e. The van der Waals surface area contributed by atoms with E-state index in [1.165, 1.54) is 0 Å². The third-order valence-corrected chi connectivity index (χ3v) is 5.53. The maximum absolute atomic E-state index is 12.6. The Morgan fingerprint density at radius 1 is 1.00 bits per heavy atom. The van der Waals surface area contributed by atoms with E-state index in [9.17, 15) is 9.90 Å². The number of nitrogens with one attached hydrogen (secondary N) is 2. The van der Waals surface area contributed by atoms with Crippen molar-refractivity contribution in [1.82, 2.24) is 5.32 Å². The summed E-state index contributed by atoms with van der Waals surface area (Å²) in [5.74, 6) is 1.16. The van der Waals surface area contributed by atoms with Gasteiger partial charge in [-0.25, -0.2) is 0 Å². The third-order valence-electron chi connectivity index (χ3n) is 5.13. The molecule has 0 saturated heterocycles. The summed E-state index contributed by atoms with van der Waals surface area (Å²) in [6, 6.07) is 22.6. The minimum absolute atomic E-state index is 0.0909. The predicted molar refractivity (Wildman–Crippen MR) is 133 cm³/mol. The van der Waals surface area contributed by atoms with E-state index in [0.29, 0.717) is 42.3 Å². The highest BCUT2D eigenvalue weighted by molar-refractivity contribution is 7.80. The molecule has 1 heterocycles. The zero-order valence-electron chi connectivity index (χ0n) is 18.0. The van der Waals surface area contributed by atoms with Gasteiger partial charge in [-0.3, -0.25) is 4.79 Å². The molecule has 0 bridgehead atoms. The van der Waals surface area contributed by atoms with Crippen LogP contribution in [0.25, 0.3) is 11.6 Å². The number of thiol groups is 1. The summed E-state index contributed by atoms with van der Waals surface area (Å²) in [6.07, 6.45) is 1.09. The van der Waals surface area contributed by atoms with E-state index >= 15 is 0 Å². The highest BCUT2D eigenvalue weighted by Crippen LogP contribution is 2.40. The molecule has 170 valence electrons. The first-order valence-electron chi connectivity index (χ1n) is 10.8. The molecule has 4 rings (SSSR count). The fraction of sp³-hybridized carbons (Fsp3) is 0.192. The Morgan fingerprint density at radius 3 is 2.61 bits per heavy atom. The first-order valence-corrected chi connectivity index (χ1v) is 11.2. The number of carbonyl (C=O) groups excluding carboxylic acids is 1. The number of para-hydroxylation sites is 1. The Bertz CT molecular complexity index is 1130. The number of anilines is 1. The molecular weight excluding hydrogens is 436 g/mol. The lowest BCUT2D eigenvalue weighted by atomic mass is 10.0. The molecule has 0 fully saturated rings. The summed E-state index contributed by atoms with van der Waals surface area (Å²) in [5, 5.41) is 16.4. The Morgan fingerprint density at radius 2 is 1.79 bits per heavy atom. The van der Waals surface area contributed by atoms with Gasteiger partial charge < -0.3 is 25.2 Å². The van der Waals surface area contributed by atoms with Gasteiger partial charge in [-0.1, -0.05) is 42.5 Å². The van der Waals surface area contributed by atoms with Crippen molar-refractivity contribution in [3.05, 3.63) is 83.9 Å². The molecule has 1 unspecified atom stereocenters. The molecule has 7 heteroatoms. The van der Waals surface area contributed by atoms with Gasteiger partial charge in [-0.15, -0.1) is 12.6 Å². The van der Waals surface area contributed by atoms with Crippen LogP contribution in [0, 0.1) is 0 Å². The van der Waals surface area contributed by atoms with Crippen molar-refractivity contribution in [2.24, 2.45) is 0 Å². The molecule has 1 aliphatic rings. The van der Waals surface area contributed by atoms with E-state index in [1.54, 1.807) is 12.1 Å². The molecule has 1 aliphatic heterocycles. The van der Waals surface area contributed by atoms with Gasteiger partial charge in [0.05, 0.1) is 16.8 Å². The molecule has 0 aromatic heterocycles. The van der Waals surface area contributed by atoms with Gasteiger partial charge in [0, 0.05) is 18.0 Å². The Balaban J connectivity index is 1.34. The van der Waals surface area contributed by atoms with E-state index in [1.807, 2.05) is 66.7 Å². The summed E-state index contributed by atoms with van der Waals surface area (Å²) < 4.78 is 11.5. The number of amides is 1. The molecule has 3 N–H and O–H groups in total. The smallest absolute Gasteiger partial charge is 0.256 e. The number of aliphatic hydroxyl groups excluding tert-OH is 1. The normalized spacial score (nSPS) is 14.6. The van der Waals surface area contributed by atoms with Gasteiger partial charge in [0.15, 0.2) is 0 Å². The highest BCUT2D eigenvalue weighted by atomic mass is 32.1. The second-order valence-electron chi connectivity index (χ2n) is 7.58. The van der Waals surface area contributed by atoms with Crippen LogP contribution < -0.4 is 20.1 Å². The van der Waals surface area contributed by atoms with Crippen LogP contribution in [0.1, 0.15) is 11.1 Å². The maximum atomic E-state index is 12.6. The van der Waals surface area contributed by atoms with Crippen molar-refractivity contribution in [1.29, 1.82) is 0 Å². The molecule has 33 heavy (non-hydrogen) atoms. The SMILES string of the molecule is O=C1Nc2cccc(OCC(O)CNCCOc3ccccc3)c2/C1=C/c1ccccc1S. The number of benzene rings is 3. The molecule has 6 nitrogen and oxygen atoms in total. The predicted octanol–water partition coefficient (Wildman–Crippen LogP) is 3.88. The number of carbonyl (C=O) groups is 1. The van der Waals surface area contributed by atoms with Crippen molar-refractivity contribution in [2.45, 2.75) is 11.0 Å². The first-order chi connectivity index (χ1) is 16.1. The average molecular weight is 463 g/mol. The van der Waals surface area contributed by atoms with Gasteiger partial charge in [0.2, 0.25) is 0 Å². The van der Waals surface area contributed by atoms with Crippen LogP contribution in [0.5, 0.6) is 11.5 Å². The van der Waals surface area contributed by atoms with E-state index in [-0.39, 0.29) is 12.5 Å². The minimum Gasteiger partial charge on any atom is -0.492 e. The number of rotatable bonds is 10. The highest BCUT2D eigenvalue weighted by Gasteiger charge is 2.28. The fourth-order valence-electron chi connectivity index (χ4n) is 3.51. The zero-order valence-corrected chi connectivity index (χ0v) is 18.9. The molecule has 1 atom stereocenters. The van der Waals surface area contributed by atoms with Crippen LogP contribution in [-0.4, -0.2) is 43.4 Å². The van der Waals surface area contributed by atoms with E-state index < -0.39 is 6.10 Å². The monoisotopic (exact) mass is 462 g/mol. The molecular formula is C26H26N2O4S. The number of hydrogen-bond donors (Lipinski definition) is 4. The Kier molecular flexibility index (Phi) is 7.67. The van der Waals surface area contributed by atoms with Crippen LogP contribution in [0.3, 0.4) is 0 Å². The zero-order chi connectivity index (χ0) is 23.0. The van der Waals surface area contributed by atoms with Gasteiger partial charge in [0.25, 0.3) is 5.91 Å². The molecule has 1 amide bonds. The standard InChI is InChI=1S/C26H26N2O4S/c29-19(16-27-13-14-31-20-8-2-1-3-9-20)17-32-23-11-6-10-22-25(23)21(26(30)28-22)15-18-7-4-5-12-24(18)33/h1-12,15,19,27,29,33H,13-14,16-17H2,(H,28,30)/b21-15-. The van der Waals surface area contributed by atoms with E-state index in [0.717, 1.165) is 16.2 Å². The molecule has 3 aromatic carbocycles. The summed E-state index contributed by atoms with van der Waals surface area (Å²) >= 11 is 4.48. The number of ether oxygens (including phenoxy) is 2. The molecule has 0 aliphatic carbocycles. The van der Waals surface area contributed by atoms with Crippen LogP contribution >= 0.6 is 12.6 Å². The molecule has 0 saturated carbocycles. The van der Waals surface area contributed by atoms with Crippen molar-refractivity contribution >= 4 is 35.9 Å². The number of fused-ring (bicyclic) bond motifs is 1. The van der Waals surface area contributed by atoms with E-state index in [4.69, 9.17) is 9.47 Å². The van der Waals surface area contributed by atoms with Crippen molar-refractivity contribution in [3.63, 3.8) is 0 Å². The van der Waals surface area contributed by atoms with Crippen molar-refractivity contribution < 1.29 is 19.4 Å². The van der Waals surface area contributed by atoms with Gasteiger partial charge >= 0.3 is 0 Å². The van der Waals surface area contributed by atoms with Crippen LogP contribution in [0.2, 0.25) is 0 Å². The molecule has 0 radical (unpaired) electrons. The number of hydrogen-bond acceptors (Lipinski definition) is 6. The average Bonchev–Trinajstić information content (AvgIpc) is 3.15. The van der Waals surface area contributed by atoms with Gasteiger partial charge in [-0.2, -0.15) is 0 Å². The van der Waals surface area contributed by atoms with E-state index in [2.05, 4.69) is 23.3 Å². The Hall–Kier alpha value is -3.26. The Labute approximate surface area is 198 Å². The largest absolute Gasteiger partial charge is 0.492 e. The van der Waals surface area contributed by atoms with Crippen LogP contribution in [0.15, 0.2) is 77.7 Å².